The Labute approximate surface area is 217 Å². The van der Waals surface area contributed by atoms with Crippen LogP contribution >= 0.6 is 46.4 Å². The van der Waals surface area contributed by atoms with Gasteiger partial charge in [-0.15, -0.1) is 0 Å². The van der Waals surface area contributed by atoms with Crippen LogP contribution < -0.4 is 20.9 Å². The molecule has 2 rings (SSSR count). The molecule has 0 bridgehead atoms. The summed E-state index contributed by atoms with van der Waals surface area (Å²) in [5.41, 5.74) is 12.7. The van der Waals surface area contributed by atoms with Crippen LogP contribution in [0.5, 0.6) is 11.5 Å². The third-order valence-electron chi connectivity index (χ3n) is 5.90. The molecule has 0 aliphatic heterocycles. The van der Waals surface area contributed by atoms with Crippen LogP contribution in [-0.4, -0.2) is 25.3 Å². The van der Waals surface area contributed by atoms with E-state index < -0.39 is 5.41 Å². The number of ether oxygens (including phenoxy) is 2. The van der Waals surface area contributed by atoms with Crippen molar-refractivity contribution in [3.8, 4) is 11.5 Å². The Balaban J connectivity index is 2.39. The lowest BCUT2D eigenvalue weighted by Gasteiger charge is -2.29. The van der Waals surface area contributed by atoms with Gasteiger partial charge in [-0.3, -0.25) is 0 Å². The fourth-order valence-corrected chi connectivity index (χ4v) is 4.78. The summed E-state index contributed by atoms with van der Waals surface area (Å²) in [6.45, 7) is 9.27. The van der Waals surface area contributed by atoms with Gasteiger partial charge in [0.2, 0.25) is 0 Å². The molecule has 2 aromatic carbocycles. The molecule has 0 spiro atoms. The highest BCUT2D eigenvalue weighted by Crippen LogP contribution is 2.44. The molecule has 33 heavy (non-hydrogen) atoms. The maximum atomic E-state index is 6.60. The number of hydrogen-bond donors (Lipinski definition) is 2. The molecule has 4 nitrogen and oxygen atoms in total. The molecule has 0 fully saturated rings. The molecule has 0 heterocycles. The molecule has 2 aromatic rings. The molecular formula is C25H34Cl4N2O2. The highest BCUT2D eigenvalue weighted by atomic mass is 35.5. The van der Waals surface area contributed by atoms with Gasteiger partial charge in [0, 0.05) is 5.41 Å². The van der Waals surface area contributed by atoms with E-state index in [1.165, 1.54) is 0 Å². The van der Waals surface area contributed by atoms with Crippen molar-refractivity contribution in [3.05, 3.63) is 55.5 Å². The predicted molar refractivity (Wildman–Crippen MR) is 142 cm³/mol. The summed E-state index contributed by atoms with van der Waals surface area (Å²) in [6.07, 6.45) is 3.00. The van der Waals surface area contributed by atoms with Gasteiger partial charge in [-0.25, -0.2) is 0 Å². The standard InChI is InChI=1S/C25H34Cl4N2O2/c1-5-17(7-9-30)32-23-19(26)11-15(12-20(23)27)25(3,4)16-13-21(28)24(22(29)14-16)33-18(6-2)8-10-31/h11-14,17-18H,5-10,30-31H2,1-4H3. The quantitative estimate of drug-likeness (QED) is 0.293. The van der Waals surface area contributed by atoms with E-state index in [1.54, 1.807) is 0 Å². The topological polar surface area (TPSA) is 70.5 Å². The van der Waals surface area contributed by atoms with Crippen LogP contribution in [0, 0.1) is 0 Å². The third-order valence-corrected chi connectivity index (χ3v) is 7.02. The molecule has 0 saturated carbocycles. The van der Waals surface area contributed by atoms with Gasteiger partial charge in [0.15, 0.2) is 11.5 Å². The number of benzene rings is 2. The first-order valence-corrected chi connectivity index (χ1v) is 12.8. The van der Waals surface area contributed by atoms with E-state index in [9.17, 15) is 0 Å². The van der Waals surface area contributed by atoms with Gasteiger partial charge in [0.25, 0.3) is 0 Å². The zero-order valence-electron chi connectivity index (χ0n) is 19.7. The summed E-state index contributed by atoms with van der Waals surface area (Å²) in [5.74, 6) is 0.951. The van der Waals surface area contributed by atoms with Gasteiger partial charge in [-0.05, 0) is 74.2 Å². The summed E-state index contributed by atoms with van der Waals surface area (Å²) in [4.78, 5) is 0. The fraction of sp³-hybridized carbons (Fsp3) is 0.520. The second kappa shape index (κ2) is 12.7. The Kier molecular flexibility index (Phi) is 10.9. The summed E-state index contributed by atoms with van der Waals surface area (Å²) in [6, 6.07) is 7.49. The Hall–Kier alpha value is -0.880. The minimum atomic E-state index is -0.486. The maximum absolute atomic E-state index is 6.60. The largest absolute Gasteiger partial charge is 0.487 e. The molecule has 0 aliphatic rings. The zero-order chi connectivity index (χ0) is 24.8. The number of nitrogens with two attached hydrogens (primary N) is 2. The lowest BCUT2D eigenvalue weighted by molar-refractivity contribution is 0.189. The smallest absolute Gasteiger partial charge is 0.156 e. The molecule has 2 unspecified atom stereocenters. The molecule has 2 atom stereocenters. The third kappa shape index (κ3) is 7.06. The Bertz CT molecular complexity index is 817. The van der Waals surface area contributed by atoms with Crippen LogP contribution in [0.2, 0.25) is 20.1 Å². The normalized spacial score (nSPS) is 13.6. The van der Waals surface area contributed by atoms with Crippen LogP contribution in [-0.2, 0) is 5.41 Å². The molecule has 0 aliphatic carbocycles. The van der Waals surface area contributed by atoms with Gasteiger partial charge in [0.05, 0.1) is 32.3 Å². The Morgan fingerprint density at radius 3 is 1.24 bits per heavy atom. The average Bonchev–Trinajstić information content (AvgIpc) is 2.76. The van der Waals surface area contributed by atoms with Gasteiger partial charge in [-0.1, -0.05) is 74.1 Å². The van der Waals surface area contributed by atoms with Gasteiger partial charge in [0.1, 0.15) is 0 Å². The molecule has 8 heteroatoms. The lowest BCUT2D eigenvalue weighted by atomic mass is 9.78. The number of hydrogen-bond acceptors (Lipinski definition) is 4. The van der Waals surface area contributed by atoms with Gasteiger partial charge < -0.3 is 20.9 Å². The summed E-state index contributed by atoms with van der Waals surface area (Å²) in [5, 5.41) is 1.80. The van der Waals surface area contributed by atoms with Crippen molar-refractivity contribution in [1.82, 2.24) is 0 Å². The zero-order valence-corrected chi connectivity index (χ0v) is 22.7. The predicted octanol–water partition coefficient (Wildman–Crippen LogP) is 7.64. The van der Waals surface area contributed by atoms with Crippen molar-refractivity contribution in [2.45, 2.75) is 71.0 Å². The van der Waals surface area contributed by atoms with Crippen LogP contribution in [0.15, 0.2) is 24.3 Å². The minimum absolute atomic E-state index is 0.0414. The van der Waals surface area contributed by atoms with Crippen molar-refractivity contribution < 1.29 is 9.47 Å². The van der Waals surface area contributed by atoms with Crippen molar-refractivity contribution in [2.24, 2.45) is 11.5 Å². The van der Waals surface area contributed by atoms with E-state index in [-0.39, 0.29) is 12.2 Å². The summed E-state index contributed by atoms with van der Waals surface area (Å²) in [7, 11) is 0. The Morgan fingerprint density at radius 1 is 0.697 bits per heavy atom. The molecule has 0 amide bonds. The highest BCUT2D eigenvalue weighted by molar-refractivity contribution is 6.38. The molecule has 4 N–H and O–H groups in total. The first-order valence-electron chi connectivity index (χ1n) is 11.3. The van der Waals surface area contributed by atoms with Crippen molar-refractivity contribution in [2.75, 3.05) is 13.1 Å². The molecular weight excluding hydrogens is 502 g/mol. The summed E-state index contributed by atoms with van der Waals surface area (Å²) < 4.78 is 12.1. The fourth-order valence-electron chi connectivity index (χ4n) is 3.63. The van der Waals surface area contributed by atoms with Crippen molar-refractivity contribution >= 4 is 46.4 Å². The van der Waals surface area contributed by atoms with E-state index in [1.807, 2.05) is 38.1 Å². The second-order valence-corrected chi connectivity index (χ2v) is 10.2. The van der Waals surface area contributed by atoms with E-state index >= 15 is 0 Å². The molecule has 0 saturated heterocycles. The van der Waals surface area contributed by atoms with Crippen LogP contribution in [0.3, 0.4) is 0 Å². The second-order valence-electron chi connectivity index (χ2n) is 8.61. The van der Waals surface area contributed by atoms with Crippen molar-refractivity contribution in [1.29, 1.82) is 0 Å². The lowest BCUT2D eigenvalue weighted by Crippen LogP contribution is -2.22. The first kappa shape index (κ1) is 28.4. The monoisotopic (exact) mass is 534 g/mol. The van der Waals surface area contributed by atoms with Crippen LogP contribution in [0.25, 0.3) is 0 Å². The number of halogens is 4. The van der Waals surface area contributed by atoms with Crippen LogP contribution in [0.1, 0.15) is 64.5 Å². The van der Waals surface area contributed by atoms with E-state index in [2.05, 4.69) is 13.8 Å². The maximum Gasteiger partial charge on any atom is 0.156 e. The molecule has 0 radical (unpaired) electrons. The van der Waals surface area contributed by atoms with Crippen LogP contribution in [0.4, 0.5) is 0 Å². The molecule has 184 valence electrons. The van der Waals surface area contributed by atoms with Crippen molar-refractivity contribution in [3.63, 3.8) is 0 Å². The summed E-state index contributed by atoms with van der Waals surface area (Å²) >= 11 is 26.4. The average molecular weight is 536 g/mol. The Morgan fingerprint density at radius 2 is 1.00 bits per heavy atom. The van der Waals surface area contributed by atoms with E-state index in [0.717, 1.165) is 36.8 Å². The van der Waals surface area contributed by atoms with E-state index in [4.69, 9.17) is 67.3 Å². The highest BCUT2D eigenvalue weighted by Gasteiger charge is 2.28. The SMILES string of the molecule is CCC(CCN)Oc1c(Cl)cc(C(C)(C)c2cc(Cl)c(OC(CC)CCN)c(Cl)c2)cc1Cl. The van der Waals surface area contributed by atoms with Gasteiger partial charge >= 0.3 is 0 Å². The minimum Gasteiger partial charge on any atom is -0.487 e. The number of rotatable bonds is 12. The van der Waals surface area contributed by atoms with E-state index in [0.29, 0.717) is 44.7 Å². The molecule has 0 aromatic heterocycles. The van der Waals surface area contributed by atoms with Gasteiger partial charge in [-0.2, -0.15) is 0 Å². The first-order chi connectivity index (χ1) is 15.6.